The molecule has 0 bridgehead atoms. The number of pyridine rings is 1. The van der Waals surface area contributed by atoms with Gasteiger partial charge < -0.3 is 15.2 Å². The van der Waals surface area contributed by atoms with Gasteiger partial charge in [0.25, 0.3) is 0 Å². The van der Waals surface area contributed by atoms with Crippen LogP contribution < -0.4 is 15.2 Å². The number of ether oxygens (including phenoxy) is 2. The van der Waals surface area contributed by atoms with E-state index in [4.69, 9.17) is 15.2 Å². The van der Waals surface area contributed by atoms with Crippen molar-refractivity contribution in [1.82, 2.24) is 4.98 Å². The summed E-state index contributed by atoms with van der Waals surface area (Å²) in [5.41, 5.74) is 7.52. The summed E-state index contributed by atoms with van der Waals surface area (Å²) in [7, 11) is 1.63. The number of benzene rings is 1. The highest BCUT2D eigenvalue weighted by atomic mass is 32.1. The molecule has 0 fully saturated rings. The number of aromatic nitrogens is 1. The summed E-state index contributed by atoms with van der Waals surface area (Å²) in [4.78, 5) is 17.1. The highest BCUT2D eigenvalue weighted by Crippen LogP contribution is 2.38. The van der Waals surface area contributed by atoms with E-state index in [2.05, 4.69) is 4.98 Å². The van der Waals surface area contributed by atoms with E-state index in [1.54, 1.807) is 19.4 Å². The molecule has 0 radical (unpaired) electrons. The molecule has 0 aliphatic heterocycles. The number of hydrogen-bond donors (Lipinski definition) is 1. The number of hydrogen-bond acceptors (Lipinski definition) is 6. The smallest absolute Gasteiger partial charge is 0.171 e. The molecule has 2 N–H and O–H groups in total. The van der Waals surface area contributed by atoms with Crippen LogP contribution in [0.3, 0.4) is 0 Å². The molecular weight excluding hydrogens is 312 g/mol. The highest BCUT2D eigenvalue weighted by Gasteiger charge is 2.17. The summed E-state index contributed by atoms with van der Waals surface area (Å²) in [6.45, 7) is 1.87. The Morgan fingerprint density at radius 3 is 2.91 bits per heavy atom. The Labute approximate surface area is 137 Å². The average molecular weight is 328 g/mol. The van der Waals surface area contributed by atoms with Crippen molar-refractivity contribution in [2.75, 3.05) is 12.8 Å². The van der Waals surface area contributed by atoms with Crippen molar-refractivity contribution in [1.29, 1.82) is 0 Å². The monoisotopic (exact) mass is 328 g/mol. The van der Waals surface area contributed by atoms with Crippen LogP contribution in [0.15, 0.2) is 36.5 Å². The van der Waals surface area contributed by atoms with Crippen LogP contribution in [-0.4, -0.2) is 17.9 Å². The van der Waals surface area contributed by atoms with Gasteiger partial charge in [-0.2, -0.15) is 0 Å². The molecule has 0 spiro atoms. The molecule has 23 heavy (non-hydrogen) atoms. The molecule has 0 atom stereocenters. The number of rotatable bonds is 5. The van der Waals surface area contributed by atoms with E-state index in [-0.39, 0.29) is 5.78 Å². The van der Waals surface area contributed by atoms with Crippen molar-refractivity contribution < 1.29 is 14.3 Å². The number of nitrogens with two attached hydrogens (primary N) is 1. The summed E-state index contributed by atoms with van der Waals surface area (Å²) in [6.07, 6.45) is 1.66. The normalized spacial score (nSPS) is 10.7. The molecule has 2 heterocycles. The van der Waals surface area contributed by atoms with Gasteiger partial charge in [-0.15, -0.1) is 11.3 Å². The van der Waals surface area contributed by atoms with Crippen molar-refractivity contribution in [3.63, 3.8) is 0 Å². The summed E-state index contributed by atoms with van der Waals surface area (Å²) in [5, 5.41) is 0.700. The van der Waals surface area contributed by atoms with Gasteiger partial charge >= 0.3 is 0 Å². The lowest BCUT2D eigenvalue weighted by Gasteiger charge is -2.09. The molecule has 3 rings (SSSR count). The van der Waals surface area contributed by atoms with Gasteiger partial charge in [0.1, 0.15) is 22.9 Å². The number of Topliss-reactive ketones (excluding diaryl/α,β-unsaturated/α-hetero) is 1. The van der Waals surface area contributed by atoms with E-state index in [1.165, 1.54) is 18.3 Å². The van der Waals surface area contributed by atoms with Crippen molar-refractivity contribution >= 4 is 33.0 Å². The van der Waals surface area contributed by atoms with Gasteiger partial charge in [0.15, 0.2) is 5.78 Å². The second kappa shape index (κ2) is 6.26. The number of anilines is 1. The molecular formula is C17H16N2O3S. The maximum absolute atomic E-state index is 11.6. The molecule has 0 amide bonds. The Bertz CT molecular complexity index is 873. The Morgan fingerprint density at radius 2 is 2.17 bits per heavy atom. The number of carbonyl (C=O) groups excluding carboxylic acids is 1. The van der Waals surface area contributed by atoms with Crippen LogP contribution in [0.25, 0.3) is 10.2 Å². The molecule has 0 unspecified atom stereocenters. The fourth-order valence-electron chi connectivity index (χ4n) is 2.32. The number of thiophene rings is 1. The number of carbonyl (C=O) groups is 1. The topological polar surface area (TPSA) is 74.4 Å². The van der Waals surface area contributed by atoms with E-state index < -0.39 is 0 Å². The summed E-state index contributed by atoms with van der Waals surface area (Å²) in [6, 6.07) is 9.42. The maximum Gasteiger partial charge on any atom is 0.171 e. The van der Waals surface area contributed by atoms with Gasteiger partial charge in [-0.05, 0) is 23.8 Å². The van der Waals surface area contributed by atoms with Crippen LogP contribution in [0.1, 0.15) is 22.2 Å². The van der Waals surface area contributed by atoms with Crippen LogP contribution in [0.5, 0.6) is 11.5 Å². The molecule has 0 saturated carbocycles. The van der Waals surface area contributed by atoms with Crippen molar-refractivity contribution in [3.05, 3.63) is 47.0 Å². The lowest BCUT2D eigenvalue weighted by atomic mass is 10.2. The Balaban J connectivity index is 1.92. The first-order valence-electron chi connectivity index (χ1n) is 7.03. The van der Waals surface area contributed by atoms with E-state index in [0.29, 0.717) is 33.1 Å². The number of nitrogens with zero attached hydrogens (tertiary/aromatic N) is 1. The minimum absolute atomic E-state index is 0.0655. The fourth-order valence-corrected chi connectivity index (χ4v) is 3.30. The summed E-state index contributed by atoms with van der Waals surface area (Å²) in [5.74, 6) is 1.34. The third-order valence-electron chi connectivity index (χ3n) is 3.44. The Hall–Kier alpha value is -2.60. The maximum atomic E-state index is 11.6. The van der Waals surface area contributed by atoms with Crippen molar-refractivity contribution in [2.45, 2.75) is 13.5 Å². The molecule has 5 nitrogen and oxygen atoms in total. The van der Waals surface area contributed by atoms with Crippen molar-refractivity contribution in [2.24, 2.45) is 0 Å². The second-order valence-electron chi connectivity index (χ2n) is 5.03. The SMILES string of the molecule is COc1cccc(COc2ccnc3sc(C(C)=O)c(N)c23)c1. The first-order chi connectivity index (χ1) is 11.1. The third kappa shape index (κ3) is 2.98. The summed E-state index contributed by atoms with van der Waals surface area (Å²) >= 11 is 1.29. The second-order valence-corrected chi connectivity index (χ2v) is 6.03. The molecule has 1 aromatic carbocycles. The van der Waals surface area contributed by atoms with Crippen LogP contribution in [0.2, 0.25) is 0 Å². The van der Waals surface area contributed by atoms with E-state index in [1.807, 2.05) is 24.3 Å². The van der Waals surface area contributed by atoms with Gasteiger partial charge in [-0.3, -0.25) is 4.79 Å². The van der Waals surface area contributed by atoms with Crippen LogP contribution in [0.4, 0.5) is 5.69 Å². The van der Waals surface area contributed by atoms with Crippen LogP contribution in [0, 0.1) is 0 Å². The molecule has 118 valence electrons. The first-order valence-corrected chi connectivity index (χ1v) is 7.85. The zero-order valence-corrected chi connectivity index (χ0v) is 13.6. The van der Waals surface area contributed by atoms with Gasteiger partial charge in [-0.25, -0.2) is 4.98 Å². The van der Waals surface area contributed by atoms with Gasteiger partial charge in [0.05, 0.1) is 23.1 Å². The predicted octanol–water partition coefficient (Wildman–Crippen LogP) is 3.67. The lowest BCUT2D eigenvalue weighted by molar-refractivity contribution is 0.102. The molecule has 0 saturated heterocycles. The number of fused-ring (bicyclic) bond motifs is 1. The van der Waals surface area contributed by atoms with E-state index in [0.717, 1.165) is 11.3 Å². The van der Waals surface area contributed by atoms with E-state index >= 15 is 0 Å². The van der Waals surface area contributed by atoms with Gasteiger partial charge in [0, 0.05) is 13.1 Å². The van der Waals surface area contributed by atoms with Gasteiger partial charge in [0.2, 0.25) is 0 Å². The minimum Gasteiger partial charge on any atom is -0.497 e. The molecule has 3 aromatic rings. The largest absolute Gasteiger partial charge is 0.497 e. The number of ketones is 1. The standard InChI is InChI=1S/C17H16N2O3S/c1-10(20)16-15(18)14-13(6-7-19-17(14)23-16)22-9-11-4-3-5-12(8-11)21-2/h3-8H,9,18H2,1-2H3. The first kappa shape index (κ1) is 15.3. The molecule has 0 aliphatic rings. The zero-order chi connectivity index (χ0) is 16.4. The minimum atomic E-state index is -0.0655. The molecule has 2 aromatic heterocycles. The Kier molecular flexibility index (Phi) is 4.16. The quantitative estimate of drug-likeness (QED) is 0.723. The zero-order valence-electron chi connectivity index (χ0n) is 12.8. The van der Waals surface area contributed by atoms with E-state index in [9.17, 15) is 4.79 Å². The van der Waals surface area contributed by atoms with Crippen LogP contribution >= 0.6 is 11.3 Å². The van der Waals surface area contributed by atoms with Crippen LogP contribution in [-0.2, 0) is 6.61 Å². The number of nitrogen functional groups attached to an aromatic ring is 1. The predicted molar refractivity (Wildman–Crippen MR) is 91.4 cm³/mol. The Morgan fingerprint density at radius 1 is 1.35 bits per heavy atom. The fraction of sp³-hybridized carbons (Fsp3) is 0.176. The number of methoxy groups -OCH3 is 1. The summed E-state index contributed by atoms with van der Waals surface area (Å²) < 4.78 is 11.1. The third-order valence-corrected chi connectivity index (χ3v) is 4.65. The molecule has 6 heteroatoms. The molecule has 0 aliphatic carbocycles. The highest BCUT2D eigenvalue weighted by molar-refractivity contribution is 7.21. The van der Waals surface area contributed by atoms with Gasteiger partial charge in [-0.1, -0.05) is 12.1 Å². The average Bonchev–Trinajstić information content (AvgIpc) is 2.91. The lowest BCUT2D eigenvalue weighted by Crippen LogP contribution is -1.98. The van der Waals surface area contributed by atoms with Crippen molar-refractivity contribution in [3.8, 4) is 11.5 Å².